The molecular formula is C22H22ClF2N3. The second kappa shape index (κ2) is 7.97. The van der Waals surface area contributed by atoms with Gasteiger partial charge in [0.2, 0.25) is 0 Å². The van der Waals surface area contributed by atoms with Gasteiger partial charge in [0, 0.05) is 23.0 Å². The molecule has 1 aromatic heterocycles. The second-order valence-electron chi connectivity index (χ2n) is 7.40. The molecule has 3 nitrogen and oxygen atoms in total. The van der Waals surface area contributed by atoms with Gasteiger partial charge in [-0.25, -0.2) is 8.78 Å². The molecule has 0 unspecified atom stereocenters. The van der Waals surface area contributed by atoms with E-state index in [-0.39, 0.29) is 6.04 Å². The second-order valence-corrected chi connectivity index (χ2v) is 7.84. The largest absolute Gasteiger partial charge is 0.358 e. The number of alkyl halides is 2. The van der Waals surface area contributed by atoms with Crippen LogP contribution in [0.1, 0.15) is 43.0 Å². The van der Waals surface area contributed by atoms with Crippen molar-refractivity contribution in [3.63, 3.8) is 0 Å². The lowest BCUT2D eigenvalue weighted by Gasteiger charge is -2.34. The standard InChI is InChI=1S/C22H22ClF2N3/c23-15-8-9-20-18(11-15)19(14-26)22(28(20)16-5-1-2-6-16)21-7-3-4-10-27(21)17(12-24)13-25/h3-4,7-9,11,16-17H,1-2,5-6,10,12-13H2. The number of aromatic nitrogens is 1. The molecule has 2 aliphatic rings. The molecule has 1 aliphatic carbocycles. The average Bonchev–Trinajstić information content (AvgIpc) is 3.34. The highest BCUT2D eigenvalue weighted by Crippen LogP contribution is 2.41. The molecule has 1 aromatic carbocycles. The number of hydrogen-bond acceptors (Lipinski definition) is 2. The molecule has 0 radical (unpaired) electrons. The van der Waals surface area contributed by atoms with Gasteiger partial charge in [0.15, 0.2) is 0 Å². The summed E-state index contributed by atoms with van der Waals surface area (Å²) < 4.78 is 29.3. The number of halogens is 3. The van der Waals surface area contributed by atoms with Crippen LogP contribution in [0.25, 0.3) is 16.6 Å². The molecule has 28 heavy (non-hydrogen) atoms. The Labute approximate surface area is 168 Å². The molecule has 0 N–H and O–H groups in total. The Balaban J connectivity index is 1.99. The summed E-state index contributed by atoms with van der Waals surface area (Å²) in [5, 5.41) is 11.4. The van der Waals surface area contributed by atoms with Crippen molar-refractivity contribution in [1.29, 1.82) is 5.26 Å². The van der Waals surface area contributed by atoms with Crippen LogP contribution in [0.4, 0.5) is 8.78 Å². The maximum Gasteiger partial charge on any atom is 0.112 e. The van der Waals surface area contributed by atoms with Crippen molar-refractivity contribution in [3.05, 3.63) is 52.7 Å². The van der Waals surface area contributed by atoms with Crippen LogP contribution in [0.5, 0.6) is 0 Å². The molecule has 2 aromatic rings. The molecule has 0 bridgehead atoms. The van der Waals surface area contributed by atoms with Gasteiger partial charge in [-0.15, -0.1) is 0 Å². The molecule has 6 heteroatoms. The van der Waals surface area contributed by atoms with E-state index in [4.69, 9.17) is 11.6 Å². The zero-order chi connectivity index (χ0) is 19.7. The first-order valence-corrected chi connectivity index (χ1v) is 10.1. The maximum atomic E-state index is 13.6. The van der Waals surface area contributed by atoms with Gasteiger partial charge in [-0.2, -0.15) is 5.26 Å². The minimum atomic E-state index is -0.860. The summed E-state index contributed by atoms with van der Waals surface area (Å²) >= 11 is 6.22. The molecule has 0 spiro atoms. The lowest BCUT2D eigenvalue weighted by molar-refractivity contribution is 0.211. The van der Waals surface area contributed by atoms with Crippen molar-refractivity contribution < 1.29 is 8.78 Å². The lowest BCUT2D eigenvalue weighted by atomic mass is 10.1. The van der Waals surface area contributed by atoms with E-state index in [1.165, 1.54) is 0 Å². The fourth-order valence-corrected chi connectivity index (χ4v) is 4.66. The number of nitrogens with zero attached hydrogens (tertiary/aromatic N) is 3. The highest BCUT2D eigenvalue weighted by Gasteiger charge is 2.31. The number of benzene rings is 1. The molecule has 4 rings (SSSR count). The Bertz CT molecular complexity index is 976. The fourth-order valence-electron chi connectivity index (χ4n) is 4.49. The van der Waals surface area contributed by atoms with Crippen LogP contribution >= 0.6 is 11.6 Å². The summed E-state index contributed by atoms with van der Waals surface area (Å²) in [6.07, 6.45) is 9.98. The van der Waals surface area contributed by atoms with Gasteiger partial charge >= 0.3 is 0 Å². The molecule has 1 saturated carbocycles. The quantitative estimate of drug-likeness (QED) is 0.634. The smallest absolute Gasteiger partial charge is 0.112 e. The third-order valence-corrected chi connectivity index (χ3v) is 6.04. The van der Waals surface area contributed by atoms with Gasteiger partial charge < -0.3 is 9.47 Å². The minimum absolute atomic E-state index is 0.267. The van der Waals surface area contributed by atoms with Crippen LogP contribution in [0.2, 0.25) is 5.02 Å². The van der Waals surface area contributed by atoms with Gasteiger partial charge in [-0.05, 0) is 37.1 Å². The molecule has 2 heterocycles. The number of nitriles is 1. The van der Waals surface area contributed by atoms with Gasteiger partial charge in [0.05, 0.1) is 28.5 Å². The Kier molecular flexibility index (Phi) is 5.41. The summed E-state index contributed by atoms with van der Waals surface area (Å²) in [6.45, 7) is -1.14. The van der Waals surface area contributed by atoms with Crippen LogP contribution < -0.4 is 0 Å². The van der Waals surface area contributed by atoms with Crippen molar-refractivity contribution in [1.82, 2.24) is 9.47 Å². The Morgan fingerprint density at radius 1 is 1.21 bits per heavy atom. The molecule has 0 amide bonds. The van der Waals surface area contributed by atoms with Crippen LogP contribution in [0.3, 0.4) is 0 Å². The summed E-state index contributed by atoms with van der Waals surface area (Å²) in [7, 11) is 0. The van der Waals surface area contributed by atoms with Gasteiger partial charge in [0.25, 0.3) is 0 Å². The normalized spacial score (nSPS) is 17.5. The minimum Gasteiger partial charge on any atom is -0.358 e. The predicted molar refractivity (Wildman–Crippen MR) is 109 cm³/mol. The summed E-state index contributed by atoms with van der Waals surface area (Å²) in [5.41, 5.74) is 2.93. The number of fused-ring (bicyclic) bond motifs is 1. The monoisotopic (exact) mass is 401 g/mol. The van der Waals surface area contributed by atoms with Gasteiger partial charge in [-0.1, -0.05) is 36.6 Å². The van der Waals surface area contributed by atoms with Crippen molar-refractivity contribution in [3.8, 4) is 6.07 Å². The number of rotatable bonds is 5. The Morgan fingerprint density at radius 3 is 2.64 bits per heavy atom. The zero-order valence-corrected chi connectivity index (χ0v) is 16.3. The van der Waals surface area contributed by atoms with Crippen molar-refractivity contribution >= 4 is 28.2 Å². The molecule has 0 atom stereocenters. The van der Waals surface area contributed by atoms with Crippen LogP contribution in [0.15, 0.2) is 36.4 Å². The van der Waals surface area contributed by atoms with E-state index in [1.807, 2.05) is 36.4 Å². The Hall–Kier alpha value is -2.32. The lowest BCUT2D eigenvalue weighted by Crippen LogP contribution is -2.39. The van der Waals surface area contributed by atoms with Crippen LogP contribution in [0, 0.1) is 11.3 Å². The van der Waals surface area contributed by atoms with E-state index in [9.17, 15) is 14.0 Å². The van der Waals surface area contributed by atoms with Gasteiger partial charge in [0.1, 0.15) is 19.4 Å². The molecule has 1 fully saturated rings. The molecule has 146 valence electrons. The van der Waals surface area contributed by atoms with E-state index in [0.29, 0.717) is 22.8 Å². The number of hydrogen-bond donors (Lipinski definition) is 0. The summed E-state index contributed by atoms with van der Waals surface area (Å²) in [5.74, 6) is 0. The first kappa shape index (κ1) is 19.0. The SMILES string of the molecule is N#Cc1c(C2=CC=CCN2C(CF)CF)n(C2CCCC2)c2ccc(Cl)cc12. The zero-order valence-electron chi connectivity index (χ0n) is 15.5. The first-order chi connectivity index (χ1) is 13.7. The summed E-state index contributed by atoms with van der Waals surface area (Å²) in [6, 6.07) is 7.35. The van der Waals surface area contributed by atoms with Crippen molar-refractivity contribution in [2.75, 3.05) is 19.9 Å². The van der Waals surface area contributed by atoms with E-state index < -0.39 is 19.4 Å². The van der Waals surface area contributed by atoms with Crippen molar-refractivity contribution in [2.45, 2.75) is 37.8 Å². The molecule has 1 aliphatic heterocycles. The summed E-state index contributed by atoms with van der Waals surface area (Å²) in [4.78, 5) is 1.74. The average molecular weight is 402 g/mol. The third-order valence-electron chi connectivity index (χ3n) is 5.81. The molecule has 0 saturated heterocycles. The molecular weight excluding hydrogens is 380 g/mol. The Morgan fingerprint density at radius 2 is 1.96 bits per heavy atom. The van der Waals surface area contributed by atoms with E-state index in [1.54, 1.807) is 4.90 Å². The van der Waals surface area contributed by atoms with Crippen LogP contribution in [-0.2, 0) is 0 Å². The topological polar surface area (TPSA) is 32.0 Å². The van der Waals surface area contributed by atoms with E-state index in [2.05, 4.69) is 10.6 Å². The van der Waals surface area contributed by atoms with Gasteiger partial charge in [-0.3, -0.25) is 0 Å². The van der Waals surface area contributed by atoms with Crippen LogP contribution in [-0.4, -0.2) is 35.4 Å². The van der Waals surface area contributed by atoms with Crippen molar-refractivity contribution in [2.24, 2.45) is 0 Å². The fraction of sp³-hybridized carbons (Fsp3) is 0.409. The number of allylic oxidation sites excluding steroid dienone is 2. The van der Waals surface area contributed by atoms with E-state index in [0.717, 1.165) is 42.3 Å². The highest BCUT2D eigenvalue weighted by atomic mass is 35.5. The maximum absolute atomic E-state index is 13.6. The van der Waals surface area contributed by atoms with E-state index >= 15 is 0 Å². The predicted octanol–water partition coefficient (Wildman–Crippen LogP) is 5.80. The third kappa shape index (κ3) is 3.10. The highest BCUT2D eigenvalue weighted by molar-refractivity contribution is 6.31. The first-order valence-electron chi connectivity index (χ1n) is 9.69.